The van der Waals surface area contributed by atoms with Gasteiger partial charge in [-0.05, 0) is 24.6 Å². The molecule has 0 heterocycles. The molecule has 0 aromatic heterocycles. The minimum atomic E-state index is -0.590. The van der Waals surface area contributed by atoms with E-state index in [9.17, 15) is 9.90 Å². The lowest BCUT2D eigenvalue weighted by molar-refractivity contribution is 0.0597. The third-order valence-corrected chi connectivity index (χ3v) is 1.69. The first kappa shape index (κ1) is 12.3. The zero-order chi connectivity index (χ0) is 10.0. The van der Waals surface area contributed by atoms with Crippen molar-refractivity contribution in [1.29, 1.82) is 0 Å². The Labute approximate surface area is 83.3 Å². The molecule has 0 spiro atoms. The molecule has 0 atom stereocenters. The predicted octanol–water partition coefficient (Wildman–Crippen LogP) is 1.71. The summed E-state index contributed by atoms with van der Waals surface area (Å²) in [5.41, 5.74) is 6.54. The maximum Gasteiger partial charge on any atom is 0.341 e. The van der Waals surface area contributed by atoms with Crippen LogP contribution in [0.15, 0.2) is 12.1 Å². The number of methoxy groups -OCH3 is 1. The van der Waals surface area contributed by atoms with E-state index in [-0.39, 0.29) is 24.4 Å². The summed E-state index contributed by atoms with van der Waals surface area (Å²) in [6.07, 6.45) is 0. The second-order valence-corrected chi connectivity index (χ2v) is 2.74. The summed E-state index contributed by atoms with van der Waals surface area (Å²) in [6, 6.07) is 3.11. The number of nitrogen functional groups attached to an aromatic ring is 1. The van der Waals surface area contributed by atoms with Crippen molar-refractivity contribution in [3.05, 3.63) is 23.3 Å². The largest absolute Gasteiger partial charge is 0.505 e. The number of esters is 1. The number of anilines is 1. The number of aryl methyl sites for hydroxylation is 1. The third kappa shape index (κ3) is 2.16. The second-order valence-electron chi connectivity index (χ2n) is 2.74. The van der Waals surface area contributed by atoms with E-state index < -0.39 is 5.97 Å². The maximum atomic E-state index is 11.1. The molecule has 0 saturated carbocycles. The number of phenols is 1. The van der Waals surface area contributed by atoms with Gasteiger partial charge in [0.15, 0.2) is 5.75 Å². The molecule has 0 unspecified atom stereocenters. The van der Waals surface area contributed by atoms with Crippen LogP contribution in [-0.2, 0) is 4.74 Å². The van der Waals surface area contributed by atoms with E-state index >= 15 is 0 Å². The first-order valence-electron chi connectivity index (χ1n) is 3.73. The Bertz CT molecular complexity index is 347. The molecular weight excluding hydrogens is 182 g/mol. The van der Waals surface area contributed by atoms with Gasteiger partial charge in [0.25, 0.3) is 0 Å². The Balaban J connectivity index is 0.00000169. The number of hydrogen-bond donors (Lipinski definition) is 2. The topological polar surface area (TPSA) is 72.5 Å². The normalized spacial score (nSPS) is 9.00. The second kappa shape index (κ2) is 4.50. The van der Waals surface area contributed by atoms with Gasteiger partial charge < -0.3 is 15.6 Å². The van der Waals surface area contributed by atoms with Gasteiger partial charge in [0.05, 0.1) is 12.8 Å². The Hall–Kier alpha value is -1.71. The van der Waals surface area contributed by atoms with E-state index in [2.05, 4.69) is 4.74 Å². The highest BCUT2D eigenvalue weighted by molar-refractivity contribution is 5.94. The van der Waals surface area contributed by atoms with Crippen molar-refractivity contribution in [2.45, 2.75) is 14.4 Å². The molecule has 0 fully saturated rings. The molecular formula is C10H15NO3. The highest BCUT2D eigenvalue weighted by Crippen LogP contribution is 2.26. The fourth-order valence-corrected chi connectivity index (χ4v) is 1.07. The Morgan fingerprint density at radius 3 is 2.57 bits per heavy atom. The molecule has 4 heteroatoms. The van der Waals surface area contributed by atoms with Crippen LogP contribution in [0.2, 0.25) is 0 Å². The molecule has 78 valence electrons. The van der Waals surface area contributed by atoms with E-state index in [1.807, 2.05) is 0 Å². The van der Waals surface area contributed by atoms with Crippen LogP contribution < -0.4 is 5.73 Å². The quantitative estimate of drug-likeness (QED) is 0.408. The first-order valence-corrected chi connectivity index (χ1v) is 3.73. The fourth-order valence-electron chi connectivity index (χ4n) is 1.07. The van der Waals surface area contributed by atoms with Gasteiger partial charge in [-0.2, -0.15) is 0 Å². The molecule has 1 aromatic carbocycles. The van der Waals surface area contributed by atoms with Crippen molar-refractivity contribution in [3.63, 3.8) is 0 Å². The first-order chi connectivity index (χ1) is 6.06. The highest BCUT2D eigenvalue weighted by atomic mass is 16.5. The van der Waals surface area contributed by atoms with Crippen molar-refractivity contribution >= 4 is 11.7 Å². The summed E-state index contributed by atoms with van der Waals surface area (Å²) in [6.45, 7) is 1.78. The van der Waals surface area contributed by atoms with E-state index in [1.165, 1.54) is 13.2 Å². The van der Waals surface area contributed by atoms with Crippen LogP contribution in [0.5, 0.6) is 5.75 Å². The van der Waals surface area contributed by atoms with Gasteiger partial charge >= 0.3 is 5.97 Å². The molecule has 0 radical (unpaired) electrons. The summed E-state index contributed by atoms with van der Waals surface area (Å²) in [5.74, 6) is -0.814. The van der Waals surface area contributed by atoms with E-state index in [0.717, 1.165) is 5.56 Å². The van der Waals surface area contributed by atoms with Gasteiger partial charge in [0, 0.05) is 0 Å². The van der Waals surface area contributed by atoms with Gasteiger partial charge in [-0.1, -0.05) is 7.43 Å². The third-order valence-electron chi connectivity index (χ3n) is 1.69. The van der Waals surface area contributed by atoms with Crippen molar-refractivity contribution in [2.75, 3.05) is 12.8 Å². The minimum Gasteiger partial charge on any atom is -0.505 e. The maximum absolute atomic E-state index is 11.1. The number of aromatic hydroxyl groups is 1. The Morgan fingerprint density at radius 1 is 1.50 bits per heavy atom. The molecule has 0 bridgehead atoms. The van der Waals surface area contributed by atoms with Crippen LogP contribution in [0.4, 0.5) is 5.69 Å². The van der Waals surface area contributed by atoms with Crippen molar-refractivity contribution < 1.29 is 14.6 Å². The SMILES string of the molecule is C.COC(=O)c1cc(C)cc(N)c1O. The number of nitrogens with two attached hydrogens (primary N) is 1. The number of phenolic OH excluding ortho intramolecular Hbond substituents is 1. The Kier molecular flexibility index (Phi) is 3.95. The van der Waals surface area contributed by atoms with Crippen LogP contribution in [0.3, 0.4) is 0 Å². The number of ether oxygens (including phenoxy) is 1. The average Bonchev–Trinajstić information content (AvgIpc) is 2.10. The molecule has 14 heavy (non-hydrogen) atoms. The number of benzene rings is 1. The number of carbonyl (C=O) groups excluding carboxylic acids is 1. The lowest BCUT2D eigenvalue weighted by Crippen LogP contribution is -2.03. The van der Waals surface area contributed by atoms with Crippen molar-refractivity contribution in [1.82, 2.24) is 0 Å². The summed E-state index contributed by atoms with van der Waals surface area (Å²) in [5, 5.41) is 9.40. The zero-order valence-corrected chi connectivity index (χ0v) is 7.50. The standard InChI is InChI=1S/C9H11NO3.CH4/c1-5-3-6(9(12)13-2)8(11)7(10)4-5;/h3-4,11H,10H2,1-2H3;1H4. The highest BCUT2D eigenvalue weighted by Gasteiger charge is 2.13. The summed E-state index contributed by atoms with van der Waals surface area (Å²) in [4.78, 5) is 11.1. The van der Waals surface area contributed by atoms with Crippen LogP contribution in [0.1, 0.15) is 23.3 Å². The van der Waals surface area contributed by atoms with E-state index in [4.69, 9.17) is 5.73 Å². The molecule has 1 aromatic rings. The minimum absolute atomic E-state index is 0. The van der Waals surface area contributed by atoms with Gasteiger partial charge in [0.2, 0.25) is 0 Å². The summed E-state index contributed by atoms with van der Waals surface area (Å²) in [7, 11) is 1.25. The summed E-state index contributed by atoms with van der Waals surface area (Å²) >= 11 is 0. The van der Waals surface area contributed by atoms with Crippen molar-refractivity contribution in [3.8, 4) is 5.75 Å². The molecule has 0 aliphatic heterocycles. The molecule has 0 amide bonds. The molecule has 1 rings (SSSR count). The molecule has 3 N–H and O–H groups in total. The van der Waals surface area contributed by atoms with Gasteiger partial charge in [-0.25, -0.2) is 4.79 Å². The van der Waals surface area contributed by atoms with Crippen LogP contribution >= 0.6 is 0 Å². The van der Waals surface area contributed by atoms with Crippen LogP contribution in [-0.4, -0.2) is 18.2 Å². The van der Waals surface area contributed by atoms with Gasteiger partial charge in [0.1, 0.15) is 5.56 Å². The number of carbonyl (C=O) groups is 1. The van der Waals surface area contributed by atoms with Gasteiger partial charge in [-0.15, -0.1) is 0 Å². The van der Waals surface area contributed by atoms with Crippen LogP contribution in [0.25, 0.3) is 0 Å². The Morgan fingerprint density at radius 2 is 2.07 bits per heavy atom. The molecule has 0 aliphatic carbocycles. The van der Waals surface area contributed by atoms with Gasteiger partial charge in [-0.3, -0.25) is 0 Å². The fraction of sp³-hybridized carbons (Fsp3) is 0.300. The van der Waals surface area contributed by atoms with Crippen molar-refractivity contribution in [2.24, 2.45) is 0 Å². The average molecular weight is 197 g/mol. The molecule has 0 aliphatic rings. The lowest BCUT2D eigenvalue weighted by atomic mass is 10.1. The predicted molar refractivity (Wildman–Crippen MR) is 55.3 cm³/mol. The number of rotatable bonds is 1. The van der Waals surface area contributed by atoms with Crippen LogP contribution in [0, 0.1) is 6.92 Å². The molecule has 0 saturated heterocycles. The lowest BCUT2D eigenvalue weighted by Gasteiger charge is -2.06. The summed E-state index contributed by atoms with van der Waals surface area (Å²) < 4.78 is 4.47. The smallest absolute Gasteiger partial charge is 0.341 e. The number of hydrogen-bond acceptors (Lipinski definition) is 4. The monoisotopic (exact) mass is 197 g/mol. The molecule has 4 nitrogen and oxygen atoms in total. The van der Waals surface area contributed by atoms with E-state index in [1.54, 1.807) is 13.0 Å². The van der Waals surface area contributed by atoms with E-state index in [0.29, 0.717) is 0 Å². The zero-order valence-electron chi connectivity index (χ0n) is 7.50.